The van der Waals surface area contributed by atoms with Crippen molar-refractivity contribution in [3.05, 3.63) is 117 Å². The second-order valence-electron chi connectivity index (χ2n) is 11.9. The van der Waals surface area contributed by atoms with Crippen LogP contribution in [-0.2, 0) is 37.9 Å². The number of rotatable bonds is 13. The highest BCUT2D eigenvalue weighted by Crippen LogP contribution is 2.37. The molecule has 0 bridgehead atoms. The molecular weight excluding hydrogens is 632 g/mol. The molecule has 3 aromatic heterocycles. The molecule has 2 aromatic carbocycles. The molecule has 1 amide bonds. The highest BCUT2D eigenvalue weighted by molar-refractivity contribution is 5.83. The molecule has 1 fully saturated rings. The van der Waals surface area contributed by atoms with Gasteiger partial charge >= 0.3 is 11.7 Å². The number of benzene rings is 2. The van der Waals surface area contributed by atoms with Gasteiger partial charge in [-0.2, -0.15) is 0 Å². The van der Waals surface area contributed by atoms with Crippen LogP contribution in [0.2, 0.25) is 0 Å². The Morgan fingerprint density at radius 2 is 1.53 bits per heavy atom. The van der Waals surface area contributed by atoms with Crippen LogP contribution in [0.3, 0.4) is 0 Å². The summed E-state index contributed by atoms with van der Waals surface area (Å²) in [6, 6.07) is 24.8. The van der Waals surface area contributed by atoms with E-state index in [9.17, 15) is 29.4 Å². The predicted octanol–water partition coefficient (Wildman–Crippen LogP) is 1.31. The van der Waals surface area contributed by atoms with Crippen LogP contribution in [0.4, 0.5) is 0 Å². The summed E-state index contributed by atoms with van der Waals surface area (Å²) in [5, 5.41) is 22.7. The second-order valence-corrected chi connectivity index (χ2v) is 11.9. The first-order valence-corrected chi connectivity index (χ1v) is 15.9. The van der Waals surface area contributed by atoms with E-state index in [0.717, 1.165) is 45.5 Å². The first kappa shape index (κ1) is 33.6. The van der Waals surface area contributed by atoms with Crippen molar-refractivity contribution in [1.29, 1.82) is 0 Å². The molecule has 0 saturated carbocycles. The van der Waals surface area contributed by atoms with E-state index >= 15 is 0 Å². The summed E-state index contributed by atoms with van der Waals surface area (Å²) in [4.78, 5) is 64.1. The molecule has 0 aliphatic carbocycles. The number of H-pyrrole nitrogens is 1. The number of aliphatic hydroxyl groups is 2. The molecule has 4 heterocycles. The number of unbranched alkanes of at least 4 members (excludes halogenated alkanes) is 1. The Hall–Kier alpha value is -5.28. The standard InChI is InChI=1S/C35H36N6O8/c36-33(46)35(41-18-16-29(43)39-34(41)47)32(31(45)28(21-42)49-35)48-30(44)11-5-6-17-40(19-24-14-12-22-7-1-3-9-26(22)37-24)20-25-15-13-23-8-2-4-10-27(23)38-25/h1-4,7-10,12-16,18,28,31-32,42,45H,5-6,11,17,19-21H2,(H2,36,46)(H,39,43,47). The van der Waals surface area contributed by atoms with E-state index in [-0.39, 0.29) is 6.42 Å². The maximum Gasteiger partial charge on any atom is 0.331 e. The zero-order chi connectivity index (χ0) is 34.5. The van der Waals surface area contributed by atoms with Crippen molar-refractivity contribution in [2.45, 2.75) is 56.4 Å². The minimum absolute atomic E-state index is 0.0985. The highest BCUT2D eigenvalue weighted by Gasteiger charge is 2.62. The van der Waals surface area contributed by atoms with Crippen LogP contribution in [0.1, 0.15) is 30.7 Å². The fraction of sp³-hybridized carbons (Fsp3) is 0.314. The third-order valence-electron chi connectivity index (χ3n) is 8.57. The van der Waals surface area contributed by atoms with E-state index < -0.39 is 53.8 Å². The van der Waals surface area contributed by atoms with Crippen molar-refractivity contribution >= 4 is 33.7 Å². The van der Waals surface area contributed by atoms with E-state index in [1.165, 1.54) is 0 Å². The third-order valence-corrected chi connectivity index (χ3v) is 8.57. The van der Waals surface area contributed by atoms with Crippen molar-refractivity contribution in [2.24, 2.45) is 5.73 Å². The second kappa shape index (κ2) is 14.5. The Labute approximate surface area is 279 Å². The molecule has 5 aromatic rings. The molecular formula is C35H36N6O8. The summed E-state index contributed by atoms with van der Waals surface area (Å²) < 4.78 is 11.8. The lowest BCUT2D eigenvalue weighted by Crippen LogP contribution is -2.60. The van der Waals surface area contributed by atoms with Gasteiger partial charge in [0.15, 0.2) is 6.10 Å². The van der Waals surface area contributed by atoms with Gasteiger partial charge in [-0.1, -0.05) is 48.5 Å². The SMILES string of the molecule is NC(=O)C1(n2ccc(=O)[nH]c2=O)OC(CO)C(O)C1OC(=O)CCCCN(Cc1ccc2ccccc2n1)Cc1ccc2ccccc2n1. The first-order valence-electron chi connectivity index (χ1n) is 15.9. The summed E-state index contributed by atoms with van der Waals surface area (Å²) in [7, 11) is 0. The monoisotopic (exact) mass is 668 g/mol. The van der Waals surface area contributed by atoms with Crippen LogP contribution in [-0.4, -0.2) is 78.0 Å². The lowest BCUT2D eigenvalue weighted by Gasteiger charge is -2.32. The minimum Gasteiger partial charge on any atom is -0.454 e. The first-order chi connectivity index (χ1) is 23.7. The van der Waals surface area contributed by atoms with Gasteiger partial charge in [-0.15, -0.1) is 0 Å². The summed E-state index contributed by atoms with van der Waals surface area (Å²) in [5.74, 6) is -2.05. The van der Waals surface area contributed by atoms with Gasteiger partial charge in [-0.3, -0.25) is 38.8 Å². The molecule has 6 rings (SSSR count). The number of hydrogen-bond acceptors (Lipinski definition) is 11. The summed E-state index contributed by atoms with van der Waals surface area (Å²) in [6.07, 6.45) is -3.11. The van der Waals surface area contributed by atoms with E-state index in [4.69, 9.17) is 25.2 Å². The normalized spacial score (nSPS) is 20.6. The number of nitrogens with two attached hydrogens (primary N) is 1. The van der Waals surface area contributed by atoms with Crippen molar-refractivity contribution in [3.8, 4) is 0 Å². The number of carbonyl (C=O) groups excluding carboxylic acids is 2. The van der Waals surface area contributed by atoms with E-state index in [1.54, 1.807) is 0 Å². The van der Waals surface area contributed by atoms with Gasteiger partial charge in [0.25, 0.3) is 17.2 Å². The molecule has 1 aliphatic rings. The average Bonchev–Trinajstić information content (AvgIpc) is 3.37. The molecule has 5 N–H and O–H groups in total. The average molecular weight is 669 g/mol. The largest absolute Gasteiger partial charge is 0.454 e. The van der Waals surface area contributed by atoms with Gasteiger partial charge < -0.3 is 25.4 Å². The zero-order valence-corrected chi connectivity index (χ0v) is 26.5. The summed E-state index contributed by atoms with van der Waals surface area (Å²) in [5.41, 5.74) is 4.84. The van der Waals surface area contributed by atoms with E-state index in [2.05, 4.69) is 4.90 Å². The van der Waals surface area contributed by atoms with Crippen LogP contribution in [0.15, 0.2) is 94.6 Å². The van der Waals surface area contributed by atoms with Gasteiger partial charge in [0.05, 0.1) is 29.0 Å². The Balaban J connectivity index is 1.15. The number of primary amides is 1. The number of amides is 1. The topological polar surface area (TPSA) is 203 Å². The van der Waals surface area contributed by atoms with E-state index in [0.29, 0.717) is 37.0 Å². The van der Waals surface area contributed by atoms with Gasteiger partial charge in [0, 0.05) is 42.5 Å². The lowest BCUT2D eigenvalue weighted by molar-refractivity contribution is -0.188. The van der Waals surface area contributed by atoms with Crippen LogP contribution in [0, 0.1) is 0 Å². The smallest absolute Gasteiger partial charge is 0.331 e. The summed E-state index contributed by atoms with van der Waals surface area (Å²) >= 11 is 0. The number of carbonyl (C=O) groups is 2. The minimum atomic E-state index is -2.51. The van der Waals surface area contributed by atoms with Gasteiger partial charge in [-0.25, -0.2) is 4.79 Å². The van der Waals surface area contributed by atoms with Gasteiger partial charge in [-0.05, 0) is 43.7 Å². The number of ether oxygens (including phenoxy) is 2. The molecule has 1 saturated heterocycles. The molecule has 0 radical (unpaired) electrons. The maximum absolute atomic E-state index is 13.1. The number of nitrogens with zero attached hydrogens (tertiary/aromatic N) is 4. The van der Waals surface area contributed by atoms with Crippen molar-refractivity contribution in [3.63, 3.8) is 0 Å². The van der Waals surface area contributed by atoms with Gasteiger partial charge in [0.2, 0.25) is 0 Å². The molecule has 14 heteroatoms. The van der Waals surface area contributed by atoms with Crippen LogP contribution >= 0.6 is 0 Å². The predicted molar refractivity (Wildman–Crippen MR) is 178 cm³/mol. The van der Waals surface area contributed by atoms with Crippen LogP contribution in [0.5, 0.6) is 0 Å². The zero-order valence-electron chi connectivity index (χ0n) is 26.5. The molecule has 14 nitrogen and oxygen atoms in total. The van der Waals surface area contributed by atoms with Crippen molar-refractivity contribution in [2.75, 3.05) is 13.2 Å². The number of nitrogens with one attached hydrogen (secondary N) is 1. The number of aromatic nitrogens is 4. The quantitative estimate of drug-likeness (QED) is 0.104. The molecule has 1 aliphatic heterocycles. The summed E-state index contributed by atoms with van der Waals surface area (Å²) in [6.45, 7) is 0.881. The van der Waals surface area contributed by atoms with Crippen LogP contribution in [0.25, 0.3) is 21.8 Å². The third kappa shape index (κ3) is 7.12. The molecule has 4 atom stereocenters. The van der Waals surface area contributed by atoms with E-state index in [1.807, 2.05) is 77.8 Å². The highest BCUT2D eigenvalue weighted by atomic mass is 16.6. The number of fused-ring (bicyclic) bond motifs is 2. The number of pyridine rings is 2. The Morgan fingerprint density at radius 1 is 0.918 bits per heavy atom. The fourth-order valence-electron chi connectivity index (χ4n) is 6.15. The molecule has 4 unspecified atom stereocenters. The maximum atomic E-state index is 13.1. The number of para-hydroxylation sites is 2. The molecule has 49 heavy (non-hydrogen) atoms. The van der Waals surface area contributed by atoms with Gasteiger partial charge in [0.1, 0.15) is 12.2 Å². The Morgan fingerprint density at radius 3 is 2.10 bits per heavy atom. The van der Waals surface area contributed by atoms with Crippen LogP contribution < -0.4 is 17.0 Å². The number of aromatic amines is 1. The Kier molecular flexibility index (Phi) is 9.92. The fourth-order valence-corrected chi connectivity index (χ4v) is 6.15. The molecule has 254 valence electrons. The number of esters is 1. The number of hydrogen-bond donors (Lipinski definition) is 4. The number of aliphatic hydroxyl groups excluding tert-OH is 2. The van der Waals surface area contributed by atoms with Crippen molar-refractivity contribution < 1.29 is 29.3 Å². The lowest BCUT2D eigenvalue weighted by atomic mass is 10.0. The molecule has 0 spiro atoms. The Bertz CT molecular complexity index is 2020. The van der Waals surface area contributed by atoms with Crippen molar-refractivity contribution in [1.82, 2.24) is 24.4 Å².